The fraction of sp³-hybridized carbons (Fsp3) is 0.400. The first-order valence-corrected chi connectivity index (χ1v) is 10.7. The molecule has 0 spiro atoms. The van der Waals surface area contributed by atoms with Gasteiger partial charge >= 0.3 is 5.97 Å². The van der Waals surface area contributed by atoms with Crippen LogP contribution >= 0.6 is 0 Å². The zero-order valence-electron chi connectivity index (χ0n) is 17.8. The lowest BCUT2D eigenvalue weighted by molar-refractivity contribution is -0.140. The van der Waals surface area contributed by atoms with E-state index >= 15 is 0 Å². The summed E-state index contributed by atoms with van der Waals surface area (Å²) in [5, 5.41) is 1.18. The van der Waals surface area contributed by atoms with Crippen molar-refractivity contribution in [1.29, 1.82) is 0 Å². The molecule has 1 fully saturated rings. The molecule has 5 heteroatoms. The van der Waals surface area contributed by atoms with Crippen LogP contribution in [0.3, 0.4) is 0 Å². The number of rotatable bonds is 7. The molecule has 3 aromatic rings. The SMILES string of the molecule is COC(=O)CCc1cc(N)c(OCC2CCCC2)c(-c2ccc3c(ccn3C)c2)c1. The average molecular weight is 407 g/mol. The Bertz CT molecular complexity index is 1050. The highest BCUT2D eigenvalue weighted by atomic mass is 16.5. The van der Waals surface area contributed by atoms with E-state index in [1.165, 1.54) is 43.7 Å². The second kappa shape index (κ2) is 8.82. The van der Waals surface area contributed by atoms with Crippen molar-refractivity contribution >= 4 is 22.6 Å². The monoisotopic (exact) mass is 406 g/mol. The van der Waals surface area contributed by atoms with E-state index in [4.69, 9.17) is 15.2 Å². The van der Waals surface area contributed by atoms with E-state index in [0.717, 1.165) is 22.4 Å². The van der Waals surface area contributed by atoms with Gasteiger partial charge in [0.05, 0.1) is 19.4 Å². The van der Waals surface area contributed by atoms with Gasteiger partial charge in [0.15, 0.2) is 0 Å². The summed E-state index contributed by atoms with van der Waals surface area (Å²) >= 11 is 0. The van der Waals surface area contributed by atoms with Crippen LogP contribution < -0.4 is 10.5 Å². The molecule has 2 aromatic carbocycles. The molecular formula is C25H30N2O3. The number of aryl methyl sites for hydroxylation is 2. The van der Waals surface area contributed by atoms with Crippen molar-refractivity contribution in [3.8, 4) is 16.9 Å². The van der Waals surface area contributed by atoms with Crippen LogP contribution in [0.15, 0.2) is 42.6 Å². The van der Waals surface area contributed by atoms with Crippen molar-refractivity contribution < 1.29 is 14.3 Å². The molecule has 1 saturated carbocycles. The maximum absolute atomic E-state index is 11.6. The summed E-state index contributed by atoms with van der Waals surface area (Å²) in [6.07, 6.45) is 7.99. The number of anilines is 1. The second-order valence-electron chi connectivity index (χ2n) is 8.30. The molecule has 0 atom stereocenters. The van der Waals surface area contributed by atoms with Gasteiger partial charge in [-0.2, -0.15) is 0 Å². The number of methoxy groups -OCH3 is 1. The Morgan fingerprint density at radius 2 is 1.97 bits per heavy atom. The van der Waals surface area contributed by atoms with E-state index in [9.17, 15) is 4.79 Å². The third kappa shape index (κ3) is 4.30. The number of hydrogen-bond acceptors (Lipinski definition) is 4. The first kappa shape index (κ1) is 20.3. The lowest BCUT2D eigenvalue weighted by Gasteiger charge is -2.18. The number of fused-ring (bicyclic) bond motifs is 1. The molecule has 2 N–H and O–H groups in total. The predicted octanol–water partition coefficient (Wildman–Crippen LogP) is 5.10. The van der Waals surface area contributed by atoms with Gasteiger partial charge in [0.25, 0.3) is 0 Å². The fourth-order valence-electron chi connectivity index (χ4n) is 4.41. The van der Waals surface area contributed by atoms with Crippen LogP contribution in [0.25, 0.3) is 22.0 Å². The Morgan fingerprint density at radius 3 is 2.73 bits per heavy atom. The number of aromatic nitrogens is 1. The van der Waals surface area contributed by atoms with Crippen LogP contribution in [0.4, 0.5) is 5.69 Å². The normalized spacial score (nSPS) is 14.3. The second-order valence-corrected chi connectivity index (χ2v) is 8.30. The van der Waals surface area contributed by atoms with Crippen molar-refractivity contribution in [3.05, 3.63) is 48.2 Å². The Balaban J connectivity index is 1.70. The number of nitrogen functional groups attached to an aromatic ring is 1. The highest BCUT2D eigenvalue weighted by molar-refractivity contribution is 5.88. The smallest absolute Gasteiger partial charge is 0.305 e. The predicted molar refractivity (Wildman–Crippen MR) is 121 cm³/mol. The van der Waals surface area contributed by atoms with Crippen LogP contribution in [0.1, 0.15) is 37.7 Å². The van der Waals surface area contributed by atoms with Crippen molar-refractivity contribution in [3.63, 3.8) is 0 Å². The Labute approximate surface area is 177 Å². The van der Waals surface area contributed by atoms with Gasteiger partial charge in [-0.25, -0.2) is 0 Å². The summed E-state index contributed by atoms with van der Waals surface area (Å²) < 4.78 is 13.2. The molecule has 0 aliphatic heterocycles. The first-order chi connectivity index (χ1) is 14.5. The van der Waals surface area contributed by atoms with Crippen LogP contribution in [0, 0.1) is 5.92 Å². The molecule has 0 amide bonds. The van der Waals surface area contributed by atoms with Crippen molar-refractivity contribution in [1.82, 2.24) is 4.57 Å². The molecular weight excluding hydrogens is 376 g/mol. The van der Waals surface area contributed by atoms with Crippen LogP contribution in [-0.4, -0.2) is 24.3 Å². The molecule has 5 nitrogen and oxygen atoms in total. The third-order valence-electron chi connectivity index (χ3n) is 6.16. The minimum atomic E-state index is -0.220. The molecule has 0 radical (unpaired) electrons. The van der Waals surface area contributed by atoms with Crippen molar-refractivity contribution in [2.24, 2.45) is 13.0 Å². The molecule has 1 aromatic heterocycles. The van der Waals surface area contributed by atoms with Gasteiger partial charge in [-0.3, -0.25) is 4.79 Å². The van der Waals surface area contributed by atoms with Gasteiger partial charge < -0.3 is 19.8 Å². The molecule has 30 heavy (non-hydrogen) atoms. The highest BCUT2D eigenvalue weighted by Gasteiger charge is 2.19. The summed E-state index contributed by atoms with van der Waals surface area (Å²) in [5.74, 6) is 1.13. The maximum Gasteiger partial charge on any atom is 0.305 e. The van der Waals surface area contributed by atoms with E-state index in [-0.39, 0.29) is 5.97 Å². The summed E-state index contributed by atoms with van der Waals surface area (Å²) in [5.41, 5.74) is 11.3. The Morgan fingerprint density at radius 1 is 1.17 bits per heavy atom. The van der Waals surface area contributed by atoms with Crippen LogP contribution in [-0.2, 0) is 23.0 Å². The summed E-state index contributed by atoms with van der Waals surface area (Å²) in [6, 6.07) is 12.6. The topological polar surface area (TPSA) is 66.5 Å². The summed E-state index contributed by atoms with van der Waals surface area (Å²) in [7, 11) is 3.46. The number of carbonyl (C=O) groups is 1. The Hall–Kier alpha value is -2.95. The minimum absolute atomic E-state index is 0.220. The van der Waals surface area contributed by atoms with Gasteiger partial charge in [0.2, 0.25) is 0 Å². The third-order valence-corrected chi connectivity index (χ3v) is 6.16. The van der Waals surface area contributed by atoms with E-state index in [0.29, 0.717) is 31.1 Å². The molecule has 0 unspecified atom stereocenters. The maximum atomic E-state index is 11.6. The van der Waals surface area contributed by atoms with Crippen molar-refractivity contribution in [2.75, 3.05) is 19.5 Å². The van der Waals surface area contributed by atoms with Gasteiger partial charge in [-0.1, -0.05) is 18.9 Å². The highest BCUT2D eigenvalue weighted by Crippen LogP contribution is 2.39. The number of esters is 1. The number of benzene rings is 2. The van der Waals surface area contributed by atoms with Gasteiger partial charge in [-0.15, -0.1) is 0 Å². The zero-order chi connectivity index (χ0) is 21.1. The van der Waals surface area contributed by atoms with E-state index < -0.39 is 0 Å². The minimum Gasteiger partial charge on any atom is -0.490 e. The van der Waals surface area contributed by atoms with Crippen molar-refractivity contribution in [2.45, 2.75) is 38.5 Å². The molecule has 1 heterocycles. The lowest BCUT2D eigenvalue weighted by Crippen LogP contribution is -2.10. The first-order valence-electron chi connectivity index (χ1n) is 10.7. The van der Waals surface area contributed by atoms with Crippen LogP contribution in [0.2, 0.25) is 0 Å². The molecule has 1 aliphatic carbocycles. The number of nitrogens with zero attached hydrogens (tertiary/aromatic N) is 1. The number of hydrogen-bond donors (Lipinski definition) is 1. The lowest BCUT2D eigenvalue weighted by atomic mass is 9.97. The van der Waals surface area contributed by atoms with E-state index in [1.807, 2.05) is 13.1 Å². The van der Waals surface area contributed by atoms with E-state index in [1.54, 1.807) is 0 Å². The summed E-state index contributed by atoms with van der Waals surface area (Å²) in [6.45, 7) is 0.701. The number of nitrogens with two attached hydrogens (primary N) is 1. The molecule has 0 saturated heterocycles. The molecule has 0 bridgehead atoms. The number of carbonyl (C=O) groups excluding carboxylic acids is 1. The van der Waals surface area contributed by atoms with Gasteiger partial charge in [0, 0.05) is 36.1 Å². The van der Waals surface area contributed by atoms with Gasteiger partial charge in [0.1, 0.15) is 5.75 Å². The van der Waals surface area contributed by atoms with Crippen LogP contribution in [0.5, 0.6) is 5.75 Å². The quantitative estimate of drug-likeness (QED) is 0.438. The standard InChI is InChI=1S/C25H30N2O3/c1-27-12-11-20-15-19(8-9-23(20)27)21-13-18(7-10-24(28)29-2)14-22(26)25(21)30-16-17-5-3-4-6-17/h8-9,11-15,17H,3-7,10,16,26H2,1-2H3. The zero-order valence-corrected chi connectivity index (χ0v) is 17.8. The number of ether oxygens (including phenoxy) is 2. The summed E-state index contributed by atoms with van der Waals surface area (Å²) in [4.78, 5) is 11.6. The van der Waals surface area contributed by atoms with Gasteiger partial charge in [-0.05, 0) is 66.6 Å². The Kier molecular flexibility index (Phi) is 5.98. The largest absolute Gasteiger partial charge is 0.490 e. The molecule has 158 valence electrons. The average Bonchev–Trinajstić information content (AvgIpc) is 3.40. The molecule has 1 aliphatic rings. The molecule has 4 rings (SSSR count). The fourth-order valence-corrected chi connectivity index (χ4v) is 4.41. The van der Waals surface area contributed by atoms with E-state index in [2.05, 4.69) is 41.1 Å².